The fourth-order valence-electron chi connectivity index (χ4n) is 2.31. The summed E-state index contributed by atoms with van der Waals surface area (Å²) in [5.41, 5.74) is 4.46. The van der Waals surface area contributed by atoms with Crippen LogP contribution in [0.3, 0.4) is 0 Å². The van der Waals surface area contributed by atoms with E-state index in [0.717, 1.165) is 36.3 Å². The summed E-state index contributed by atoms with van der Waals surface area (Å²) >= 11 is 1.55. The summed E-state index contributed by atoms with van der Waals surface area (Å²) in [6.45, 7) is 18.1. The van der Waals surface area contributed by atoms with E-state index < -0.39 is 5.97 Å². The quantitative estimate of drug-likeness (QED) is 0.202. The average Bonchev–Trinajstić information content (AvgIpc) is 2.65. The molecule has 0 unspecified atom stereocenters. The molecule has 0 aromatic carbocycles. The molecular formula is C25H40O2S. The highest BCUT2D eigenvalue weighted by Crippen LogP contribution is 2.25. The van der Waals surface area contributed by atoms with Crippen LogP contribution in [0.15, 0.2) is 70.2 Å². The van der Waals surface area contributed by atoms with E-state index >= 15 is 0 Å². The highest BCUT2D eigenvalue weighted by Gasteiger charge is 2.11. The molecule has 0 fully saturated rings. The fraction of sp³-hybridized carbons (Fsp3) is 0.480. The third-order valence-electron chi connectivity index (χ3n) is 3.84. The zero-order chi connectivity index (χ0) is 21.9. The van der Waals surface area contributed by atoms with Crippen molar-refractivity contribution in [2.24, 2.45) is 0 Å². The molecule has 0 aliphatic heterocycles. The lowest BCUT2D eigenvalue weighted by Gasteiger charge is -2.06. The summed E-state index contributed by atoms with van der Waals surface area (Å²) in [6.07, 6.45) is 16.0. The van der Waals surface area contributed by atoms with E-state index in [2.05, 4.69) is 52.5 Å². The van der Waals surface area contributed by atoms with Crippen molar-refractivity contribution < 1.29 is 9.90 Å². The fourth-order valence-corrected chi connectivity index (χ4v) is 3.33. The number of rotatable bonds is 12. The molecule has 2 nitrogen and oxygen atoms in total. The molecule has 0 aromatic rings. The first-order valence-corrected chi connectivity index (χ1v) is 11.1. The smallest absolute Gasteiger partial charge is 0.336 e. The third-order valence-corrected chi connectivity index (χ3v) is 4.94. The lowest BCUT2D eigenvalue weighted by Crippen LogP contribution is -2.02. The first kappa shape index (κ1) is 28.5. The second-order valence-corrected chi connectivity index (χ2v) is 7.61. The first-order chi connectivity index (χ1) is 13.3. The predicted molar refractivity (Wildman–Crippen MR) is 129 cm³/mol. The molecule has 28 heavy (non-hydrogen) atoms. The van der Waals surface area contributed by atoms with E-state index in [9.17, 15) is 9.90 Å². The molecule has 0 atom stereocenters. The van der Waals surface area contributed by atoms with Crippen molar-refractivity contribution >= 4 is 17.7 Å². The second-order valence-electron chi connectivity index (χ2n) is 6.54. The Balaban J connectivity index is 0. The van der Waals surface area contributed by atoms with Crippen LogP contribution < -0.4 is 0 Å². The Morgan fingerprint density at radius 1 is 0.964 bits per heavy atom. The van der Waals surface area contributed by atoms with Gasteiger partial charge >= 0.3 is 5.97 Å². The summed E-state index contributed by atoms with van der Waals surface area (Å²) in [5, 5.41) is 9.28. The molecule has 0 aromatic heterocycles. The van der Waals surface area contributed by atoms with Gasteiger partial charge in [0.25, 0.3) is 0 Å². The van der Waals surface area contributed by atoms with Crippen molar-refractivity contribution in [2.45, 2.75) is 74.1 Å². The molecule has 158 valence electrons. The number of carboxylic acid groups (broad SMARTS) is 1. The minimum Gasteiger partial charge on any atom is -0.478 e. The van der Waals surface area contributed by atoms with Gasteiger partial charge in [0.15, 0.2) is 0 Å². The van der Waals surface area contributed by atoms with Gasteiger partial charge in [-0.25, -0.2) is 4.79 Å². The van der Waals surface area contributed by atoms with Crippen LogP contribution in [0.4, 0.5) is 0 Å². The SMILES string of the molecule is C=C/C=C(C(=O)O)\C(=C/C)SC/C=C(\C)CC/C=C(\C)CCC=C(C)C.CC. The number of thioether (sulfide) groups is 1. The molecule has 0 spiro atoms. The van der Waals surface area contributed by atoms with Crippen LogP contribution in [0.2, 0.25) is 0 Å². The van der Waals surface area contributed by atoms with Gasteiger partial charge in [0.05, 0.1) is 5.57 Å². The average molecular weight is 405 g/mol. The number of allylic oxidation sites excluding steroid dienone is 8. The van der Waals surface area contributed by atoms with Crippen LogP contribution in [0, 0.1) is 0 Å². The van der Waals surface area contributed by atoms with Gasteiger partial charge in [-0.15, -0.1) is 11.8 Å². The van der Waals surface area contributed by atoms with E-state index in [-0.39, 0.29) is 0 Å². The molecule has 3 heteroatoms. The van der Waals surface area contributed by atoms with Gasteiger partial charge < -0.3 is 5.11 Å². The maximum atomic E-state index is 11.3. The lowest BCUT2D eigenvalue weighted by molar-refractivity contribution is -0.132. The summed E-state index contributed by atoms with van der Waals surface area (Å²) in [4.78, 5) is 12.1. The molecule has 0 radical (unpaired) electrons. The van der Waals surface area contributed by atoms with Crippen LogP contribution in [0.1, 0.15) is 74.1 Å². The Morgan fingerprint density at radius 3 is 1.96 bits per heavy atom. The second kappa shape index (κ2) is 18.6. The van der Waals surface area contributed by atoms with Crippen molar-refractivity contribution in [2.75, 3.05) is 5.75 Å². The normalized spacial score (nSPS) is 12.8. The molecular weight excluding hydrogens is 364 g/mol. The molecule has 0 heterocycles. The Bertz CT molecular complexity index is 612. The Morgan fingerprint density at radius 2 is 1.50 bits per heavy atom. The molecule has 0 bridgehead atoms. The topological polar surface area (TPSA) is 37.3 Å². The van der Waals surface area contributed by atoms with Crippen LogP contribution in [0.5, 0.6) is 0 Å². The van der Waals surface area contributed by atoms with Gasteiger partial charge in [0.1, 0.15) is 0 Å². The monoisotopic (exact) mass is 404 g/mol. The minimum absolute atomic E-state index is 0.300. The van der Waals surface area contributed by atoms with E-state index in [1.165, 1.54) is 22.8 Å². The largest absolute Gasteiger partial charge is 0.478 e. The number of hydrogen-bond donors (Lipinski definition) is 1. The van der Waals surface area contributed by atoms with Gasteiger partial charge in [-0.2, -0.15) is 0 Å². The molecule has 0 rings (SSSR count). The Labute approximate surface area is 177 Å². The molecule has 0 saturated heterocycles. The lowest BCUT2D eigenvalue weighted by atomic mass is 10.1. The van der Waals surface area contributed by atoms with Crippen molar-refractivity contribution in [3.05, 3.63) is 70.2 Å². The van der Waals surface area contributed by atoms with Gasteiger partial charge in [-0.3, -0.25) is 0 Å². The molecule has 0 aliphatic carbocycles. The molecule has 0 amide bonds. The molecule has 1 N–H and O–H groups in total. The van der Waals surface area contributed by atoms with E-state index in [1.54, 1.807) is 17.8 Å². The number of aliphatic carboxylic acids is 1. The highest BCUT2D eigenvalue weighted by atomic mass is 32.2. The summed E-state index contributed by atoms with van der Waals surface area (Å²) in [7, 11) is 0. The number of carbonyl (C=O) groups is 1. The van der Waals surface area contributed by atoms with E-state index in [4.69, 9.17) is 0 Å². The highest BCUT2D eigenvalue weighted by molar-refractivity contribution is 8.03. The third kappa shape index (κ3) is 15.3. The van der Waals surface area contributed by atoms with Crippen molar-refractivity contribution in [3.8, 4) is 0 Å². The molecule has 0 aliphatic rings. The summed E-state index contributed by atoms with van der Waals surface area (Å²) in [5.74, 6) is -0.142. The Hall–Kier alpha value is -1.74. The van der Waals surface area contributed by atoms with Crippen molar-refractivity contribution in [3.63, 3.8) is 0 Å². The molecule has 0 saturated carbocycles. The zero-order valence-electron chi connectivity index (χ0n) is 19.0. The zero-order valence-corrected chi connectivity index (χ0v) is 19.8. The van der Waals surface area contributed by atoms with Crippen LogP contribution in [-0.2, 0) is 4.79 Å². The van der Waals surface area contributed by atoms with Gasteiger partial charge in [0, 0.05) is 10.7 Å². The summed E-state index contributed by atoms with van der Waals surface area (Å²) < 4.78 is 0. The standard InChI is InChI=1S/C23H34O2S.C2H6/c1-7-11-21(23(24)25)22(8-2)26-17-16-20(6)15-10-14-19(5)13-9-12-18(3)4;1-2/h7-8,11-12,14,16H,1,9-10,13,15,17H2,2-6H3,(H,24,25);1-2H3/b19-14+,20-16+,21-11+,22-8+;. The predicted octanol–water partition coefficient (Wildman–Crippen LogP) is 8.27. The number of carboxylic acids is 1. The van der Waals surface area contributed by atoms with E-state index in [0.29, 0.717) is 5.57 Å². The van der Waals surface area contributed by atoms with Gasteiger partial charge in [-0.1, -0.05) is 67.5 Å². The minimum atomic E-state index is -0.917. The number of hydrogen-bond acceptors (Lipinski definition) is 2. The Kier molecular flexibility index (Phi) is 18.9. The van der Waals surface area contributed by atoms with Crippen LogP contribution in [0.25, 0.3) is 0 Å². The van der Waals surface area contributed by atoms with Crippen molar-refractivity contribution in [1.82, 2.24) is 0 Å². The van der Waals surface area contributed by atoms with Crippen molar-refractivity contribution in [1.29, 1.82) is 0 Å². The van der Waals surface area contributed by atoms with Gasteiger partial charge in [0.2, 0.25) is 0 Å². The van der Waals surface area contributed by atoms with Crippen LogP contribution >= 0.6 is 11.8 Å². The first-order valence-electron chi connectivity index (χ1n) is 10.1. The summed E-state index contributed by atoms with van der Waals surface area (Å²) in [6, 6.07) is 0. The maximum absolute atomic E-state index is 11.3. The van der Waals surface area contributed by atoms with Gasteiger partial charge in [-0.05, 0) is 66.4 Å². The van der Waals surface area contributed by atoms with E-state index in [1.807, 2.05) is 26.8 Å². The maximum Gasteiger partial charge on any atom is 0.336 e. The van der Waals surface area contributed by atoms with Crippen LogP contribution in [-0.4, -0.2) is 16.8 Å².